The monoisotopic (exact) mass is 447 g/mol. The Kier molecular flexibility index (Phi) is 7.67. The summed E-state index contributed by atoms with van der Waals surface area (Å²) in [5.41, 5.74) is 2.00. The van der Waals surface area contributed by atoms with E-state index in [1.807, 2.05) is 18.2 Å². The molecule has 3 rings (SSSR count). The molecule has 1 atom stereocenters. The molecule has 1 amide bonds. The maximum atomic E-state index is 14.3. The van der Waals surface area contributed by atoms with E-state index < -0.39 is 27.8 Å². The Hall–Kier alpha value is -2.45. The molecule has 0 bridgehead atoms. The summed E-state index contributed by atoms with van der Waals surface area (Å²) in [4.78, 5) is 15.3. The Morgan fingerprint density at radius 2 is 1.68 bits per heavy atom. The molecule has 8 heteroatoms. The van der Waals surface area contributed by atoms with Gasteiger partial charge in [0.1, 0.15) is 11.9 Å². The van der Waals surface area contributed by atoms with Crippen LogP contribution in [0.25, 0.3) is 0 Å². The number of amides is 1. The van der Waals surface area contributed by atoms with Crippen LogP contribution in [0.1, 0.15) is 37.3 Å². The molecule has 1 aliphatic rings. The second-order valence-corrected chi connectivity index (χ2v) is 9.87. The van der Waals surface area contributed by atoms with Gasteiger partial charge in [-0.25, -0.2) is 12.8 Å². The van der Waals surface area contributed by atoms with Crippen LogP contribution in [0.3, 0.4) is 0 Å². The SMILES string of the molecule is C[C@H](C(=O)NCc1ccccc1CN1CCCCC1)N(c1ccccc1F)S(C)(=O)=O. The van der Waals surface area contributed by atoms with Crippen LogP contribution < -0.4 is 9.62 Å². The first kappa shape index (κ1) is 23.2. The number of halogens is 1. The maximum Gasteiger partial charge on any atom is 0.243 e. The van der Waals surface area contributed by atoms with Gasteiger partial charge in [0.05, 0.1) is 11.9 Å². The third kappa shape index (κ3) is 6.04. The largest absolute Gasteiger partial charge is 0.350 e. The van der Waals surface area contributed by atoms with Gasteiger partial charge in [-0.05, 0) is 56.1 Å². The van der Waals surface area contributed by atoms with Crippen LogP contribution in [0.5, 0.6) is 0 Å². The minimum absolute atomic E-state index is 0.141. The number of piperidine rings is 1. The summed E-state index contributed by atoms with van der Waals surface area (Å²) in [5.74, 6) is -1.18. The van der Waals surface area contributed by atoms with E-state index in [0.717, 1.165) is 41.3 Å². The zero-order chi connectivity index (χ0) is 22.4. The zero-order valence-electron chi connectivity index (χ0n) is 18.1. The van der Waals surface area contributed by atoms with Crippen LogP contribution in [0.4, 0.5) is 10.1 Å². The van der Waals surface area contributed by atoms with Crippen LogP contribution in [-0.2, 0) is 27.9 Å². The van der Waals surface area contributed by atoms with E-state index in [1.165, 1.54) is 50.5 Å². The van der Waals surface area contributed by atoms with Crippen LogP contribution in [0.2, 0.25) is 0 Å². The minimum Gasteiger partial charge on any atom is -0.350 e. The van der Waals surface area contributed by atoms with Crippen molar-refractivity contribution in [2.24, 2.45) is 0 Å². The highest BCUT2D eigenvalue weighted by molar-refractivity contribution is 7.92. The van der Waals surface area contributed by atoms with Gasteiger partial charge in [-0.1, -0.05) is 42.8 Å². The Labute approximate surface area is 184 Å². The molecule has 0 saturated carbocycles. The summed E-state index contributed by atoms with van der Waals surface area (Å²) in [7, 11) is -3.87. The molecular formula is C23H30FN3O3S. The molecule has 1 N–H and O–H groups in total. The molecule has 0 aliphatic carbocycles. The van der Waals surface area contributed by atoms with E-state index in [2.05, 4.69) is 16.3 Å². The summed E-state index contributed by atoms with van der Waals surface area (Å²) in [6, 6.07) is 12.4. The highest BCUT2D eigenvalue weighted by Gasteiger charge is 2.30. The molecular weight excluding hydrogens is 417 g/mol. The van der Waals surface area contributed by atoms with Crippen molar-refractivity contribution < 1.29 is 17.6 Å². The predicted octanol–water partition coefficient (Wildman–Crippen LogP) is 3.28. The maximum absolute atomic E-state index is 14.3. The molecule has 0 radical (unpaired) electrons. The second-order valence-electron chi connectivity index (χ2n) is 8.01. The van der Waals surface area contributed by atoms with Crippen molar-refractivity contribution in [2.45, 2.75) is 45.3 Å². The molecule has 2 aromatic carbocycles. The molecule has 1 heterocycles. The van der Waals surface area contributed by atoms with E-state index >= 15 is 0 Å². The van der Waals surface area contributed by atoms with Crippen LogP contribution >= 0.6 is 0 Å². The number of carbonyl (C=O) groups excluding carboxylic acids is 1. The number of carbonyl (C=O) groups is 1. The van der Waals surface area contributed by atoms with Gasteiger partial charge in [-0.3, -0.25) is 14.0 Å². The number of hydrogen-bond donors (Lipinski definition) is 1. The lowest BCUT2D eigenvalue weighted by Crippen LogP contribution is -2.48. The molecule has 1 aliphatic heterocycles. The van der Waals surface area contributed by atoms with Crippen molar-refractivity contribution in [3.8, 4) is 0 Å². The fourth-order valence-corrected chi connectivity index (χ4v) is 5.16. The average molecular weight is 448 g/mol. The van der Waals surface area contributed by atoms with E-state index in [0.29, 0.717) is 0 Å². The van der Waals surface area contributed by atoms with Crippen LogP contribution in [0.15, 0.2) is 48.5 Å². The number of nitrogens with one attached hydrogen (secondary N) is 1. The summed E-state index contributed by atoms with van der Waals surface area (Å²) in [5, 5.41) is 2.83. The summed E-state index contributed by atoms with van der Waals surface area (Å²) in [6.45, 7) is 4.71. The molecule has 6 nitrogen and oxygen atoms in total. The Morgan fingerprint density at radius 3 is 2.32 bits per heavy atom. The molecule has 1 fully saturated rings. The van der Waals surface area contributed by atoms with Gasteiger partial charge in [-0.15, -0.1) is 0 Å². The van der Waals surface area contributed by atoms with Gasteiger partial charge < -0.3 is 5.32 Å². The van der Waals surface area contributed by atoms with Gasteiger partial charge in [0, 0.05) is 13.1 Å². The van der Waals surface area contributed by atoms with Crippen molar-refractivity contribution in [3.63, 3.8) is 0 Å². The highest BCUT2D eigenvalue weighted by atomic mass is 32.2. The number of rotatable bonds is 8. The lowest BCUT2D eigenvalue weighted by molar-refractivity contribution is -0.122. The first-order valence-electron chi connectivity index (χ1n) is 10.6. The van der Waals surface area contributed by atoms with Crippen molar-refractivity contribution in [2.75, 3.05) is 23.7 Å². The molecule has 1 saturated heterocycles. The lowest BCUT2D eigenvalue weighted by atomic mass is 10.0. The van der Waals surface area contributed by atoms with Gasteiger partial charge in [0.2, 0.25) is 15.9 Å². The van der Waals surface area contributed by atoms with Crippen molar-refractivity contribution in [3.05, 3.63) is 65.5 Å². The number of nitrogens with zero attached hydrogens (tertiary/aromatic N) is 2. The fraction of sp³-hybridized carbons (Fsp3) is 0.435. The standard InChI is InChI=1S/C23H30FN3O3S/c1-18(27(31(2,29)30)22-13-7-6-12-21(22)24)23(28)25-16-19-10-4-5-11-20(19)17-26-14-8-3-9-15-26/h4-7,10-13,18H,3,8-9,14-17H2,1-2H3,(H,25,28)/t18-/m1/s1. The summed E-state index contributed by atoms with van der Waals surface area (Å²) < 4.78 is 39.8. The lowest BCUT2D eigenvalue weighted by Gasteiger charge is -2.29. The molecule has 0 spiro atoms. The third-order valence-electron chi connectivity index (χ3n) is 5.59. The zero-order valence-corrected chi connectivity index (χ0v) is 18.9. The van der Waals surface area contributed by atoms with E-state index in [-0.39, 0.29) is 12.2 Å². The van der Waals surface area contributed by atoms with Gasteiger partial charge in [0.15, 0.2) is 0 Å². The number of sulfonamides is 1. The molecule has 0 unspecified atom stereocenters. The van der Waals surface area contributed by atoms with E-state index in [4.69, 9.17) is 0 Å². The normalized spacial score (nSPS) is 16.0. The summed E-state index contributed by atoms with van der Waals surface area (Å²) >= 11 is 0. The minimum atomic E-state index is -3.87. The highest BCUT2D eigenvalue weighted by Crippen LogP contribution is 2.24. The summed E-state index contributed by atoms with van der Waals surface area (Å²) in [6.07, 6.45) is 4.64. The molecule has 2 aromatic rings. The number of anilines is 1. The number of hydrogen-bond acceptors (Lipinski definition) is 4. The number of para-hydroxylation sites is 1. The van der Waals surface area contributed by atoms with Crippen molar-refractivity contribution in [1.82, 2.24) is 10.2 Å². The van der Waals surface area contributed by atoms with Gasteiger partial charge in [-0.2, -0.15) is 0 Å². The topological polar surface area (TPSA) is 69.7 Å². The van der Waals surface area contributed by atoms with Crippen molar-refractivity contribution >= 4 is 21.6 Å². The smallest absolute Gasteiger partial charge is 0.243 e. The number of benzene rings is 2. The quantitative estimate of drug-likeness (QED) is 0.674. The van der Waals surface area contributed by atoms with Crippen LogP contribution in [-0.4, -0.2) is 44.6 Å². The second kappa shape index (κ2) is 10.2. The molecule has 31 heavy (non-hydrogen) atoms. The Bertz CT molecular complexity index is 1010. The van der Waals surface area contributed by atoms with Crippen molar-refractivity contribution in [1.29, 1.82) is 0 Å². The van der Waals surface area contributed by atoms with E-state index in [9.17, 15) is 17.6 Å². The average Bonchev–Trinajstić information content (AvgIpc) is 2.74. The predicted molar refractivity (Wildman–Crippen MR) is 121 cm³/mol. The first-order chi connectivity index (χ1) is 14.8. The van der Waals surface area contributed by atoms with Crippen LogP contribution in [0, 0.1) is 5.82 Å². The fourth-order valence-electron chi connectivity index (χ4n) is 3.98. The molecule has 0 aromatic heterocycles. The van der Waals surface area contributed by atoms with Gasteiger partial charge >= 0.3 is 0 Å². The first-order valence-corrected chi connectivity index (χ1v) is 12.4. The Morgan fingerprint density at radius 1 is 1.06 bits per heavy atom. The third-order valence-corrected chi connectivity index (χ3v) is 6.82. The van der Waals surface area contributed by atoms with Gasteiger partial charge in [0.25, 0.3) is 0 Å². The van der Waals surface area contributed by atoms with E-state index in [1.54, 1.807) is 0 Å². The Balaban J connectivity index is 1.72. The number of likely N-dealkylation sites (tertiary alicyclic amines) is 1. The molecule has 168 valence electrons.